The van der Waals surface area contributed by atoms with Gasteiger partial charge in [0.1, 0.15) is 11.4 Å². The molecule has 2 atom stereocenters. The minimum Gasteiger partial charge on any atom is -0.486 e. The lowest BCUT2D eigenvalue weighted by atomic mass is 9.82. The maximum atomic E-state index is 12.4. The van der Waals surface area contributed by atoms with E-state index >= 15 is 0 Å². The van der Waals surface area contributed by atoms with Crippen molar-refractivity contribution in [1.82, 2.24) is 0 Å². The van der Waals surface area contributed by atoms with E-state index in [0.29, 0.717) is 22.5 Å². The first-order chi connectivity index (χ1) is 9.34. The zero-order valence-electron chi connectivity index (χ0n) is 10.9. The average Bonchev–Trinajstić information content (AvgIpc) is 2.42. The highest BCUT2D eigenvalue weighted by atomic mass is 79.9. The SMILES string of the molecule is CC1(C)OC2=C(C(=O)C(=O)c3ccccc32)C(Br)C1Br. The van der Waals surface area contributed by atoms with E-state index < -0.39 is 17.2 Å². The van der Waals surface area contributed by atoms with Crippen LogP contribution in [0.3, 0.4) is 0 Å². The first-order valence-corrected chi connectivity index (χ1v) is 8.07. The minimum atomic E-state index is -0.486. The lowest BCUT2D eigenvalue weighted by molar-refractivity contribution is -0.112. The van der Waals surface area contributed by atoms with Gasteiger partial charge in [-0.05, 0) is 13.8 Å². The molecule has 0 radical (unpaired) electrons. The monoisotopic (exact) mass is 398 g/mol. The Bertz CT molecular complexity index is 661. The van der Waals surface area contributed by atoms with E-state index in [0.717, 1.165) is 0 Å². The molecule has 2 aliphatic rings. The smallest absolute Gasteiger partial charge is 0.234 e. The molecule has 0 spiro atoms. The molecule has 1 heterocycles. The van der Waals surface area contributed by atoms with Crippen LogP contribution in [0.25, 0.3) is 5.76 Å². The van der Waals surface area contributed by atoms with Crippen LogP contribution in [0.5, 0.6) is 0 Å². The van der Waals surface area contributed by atoms with Gasteiger partial charge in [0.25, 0.3) is 0 Å². The standard InChI is InChI=1S/C15H12Br2O3/c1-15(2)14(17)10(16)9-12(19)11(18)7-5-3-4-6-8(7)13(9)20-15/h3-6,10,14H,1-2H3. The Hall–Kier alpha value is -0.940. The molecule has 0 amide bonds. The highest BCUT2D eigenvalue weighted by Crippen LogP contribution is 2.46. The minimum absolute atomic E-state index is 0.101. The topological polar surface area (TPSA) is 43.4 Å². The Balaban J connectivity index is 2.28. The van der Waals surface area contributed by atoms with Crippen molar-refractivity contribution in [3.05, 3.63) is 41.0 Å². The lowest BCUT2D eigenvalue weighted by Crippen LogP contribution is -2.48. The summed E-state index contributed by atoms with van der Waals surface area (Å²) in [6.45, 7) is 3.90. The third-order valence-corrected chi connectivity index (χ3v) is 7.00. The average molecular weight is 400 g/mol. The first-order valence-electron chi connectivity index (χ1n) is 6.24. The Kier molecular flexibility index (Phi) is 3.18. The van der Waals surface area contributed by atoms with Crippen molar-refractivity contribution in [2.75, 3.05) is 0 Å². The van der Waals surface area contributed by atoms with E-state index in [2.05, 4.69) is 31.9 Å². The number of rotatable bonds is 0. The number of benzene rings is 1. The van der Waals surface area contributed by atoms with Gasteiger partial charge in [0.15, 0.2) is 0 Å². The maximum Gasteiger partial charge on any atom is 0.234 e. The van der Waals surface area contributed by atoms with Gasteiger partial charge in [-0.2, -0.15) is 0 Å². The number of ether oxygens (including phenoxy) is 1. The molecule has 0 saturated carbocycles. The molecule has 0 fully saturated rings. The number of halogens is 2. The van der Waals surface area contributed by atoms with Gasteiger partial charge < -0.3 is 4.74 Å². The third-order valence-electron chi connectivity index (χ3n) is 3.67. The fourth-order valence-electron chi connectivity index (χ4n) is 2.55. The van der Waals surface area contributed by atoms with Gasteiger partial charge in [0, 0.05) is 11.1 Å². The van der Waals surface area contributed by atoms with E-state index in [1.54, 1.807) is 12.1 Å². The summed E-state index contributed by atoms with van der Waals surface area (Å²) >= 11 is 7.09. The molecule has 5 heteroatoms. The summed E-state index contributed by atoms with van der Waals surface area (Å²) in [5, 5.41) is 0. The highest BCUT2D eigenvalue weighted by Gasteiger charge is 2.48. The van der Waals surface area contributed by atoms with Crippen LogP contribution >= 0.6 is 31.9 Å². The van der Waals surface area contributed by atoms with Crippen LogP contribution in [0.2, 0.25) is 0 Å². The van der Waals surface area contributed by atoms with E-state index in [9.17, 15) is 9.59 Å². The number of carbonyl (C=O) groups excluding carboxylic acids is 2. The molecule has 3 rings (SSSR count). The highest BCUT2D eigenvalue weighted by molar-refractivity contribution is 9.12. The Morgan fingerprint density at radius 2 is 1.65 bits per heavy atom. The van der Waals surface area contributed by atoms with Crippen LogP contribution in [-0.4, -0.2) is 26.8 Å². The molecule has 0 N–H and O–H groups in total. The Morgan fingerprint density at radius 3 is 2.30 bits per heavy atom. The number of Topliss-reactive ketones (excluding diaryl/α,β-unsaturated/α-hetero) is 2. The molecule has 3 nitrogen and oxygen atoms in total. The van der Waals surface area contributed by atoms with Crippen molar-refractivity contribution < 1.29 is 14.3 Å². The molecule has 20 heavy (non-hydrogen) atoms. The molecule has 0 aromatic heterocycles. The summed E-state index contributed by atoms with van der Waals surface area (Å²) in [5.41, 5.74) is 1.04. The molecule has 0 bridgehead atoms. The Labute approximate surface area is 133 Å². The fraction of sp³-hybridized carbons (Fsp3) is 0.333. The molecule has 1 aromatic rings. The van der Waals surface area contributed by atoms with Crippen molar-refractivity contribution >= 4 is 49.2 Å². The first kappa shape index (κ1) is 14.0. The molecular weight excluding hydrogens is 388 g/mol. The zero-order valence-corrected chi connectivity index (χ0v) is 14.1. The van der Waals surface area contributed by atoms with Crippen molar-refractivity contribution in [3.8, 4) is 0 Å². The molecular formula is C15H12Br2O3. The van der Waals surface area contributed by atoms with Gasteiger partial charge in [0.05, 0.1) is 15.2 Å². The molecule has 0 saturated heterocycles. The number of fused-ring (bicyclic) bond motifs is 2. The maximum absolute atomic E-state index is 12.4. The summed E-state index contributed by atoms with van der Waals surface area (Å²) in [5.74, 6) is -0.430. The predicted molar refractivity (Wildman–Crippen MR) is 83.3 cm³/mol. The predicted octanol–water partition coefficient (Wildman–Crippen LogP) is 3.50. The van der Waals surface area contributed by atoms with Crippen molar-refractivity contribution in [2.45, 2.75) is 29.1 Å². The molecule has 104 valence electrons. The molecule has 1 aliphatic heterocycles. The summed E-state index contributed by atoms with van der Waals surface area (Å²) in [6, 6.07) is 7.08. The second-order valence-electron chi connectivity index (χ2n) is 5.46. The van der Waals surface area contributed by atoms with E-state index in [4.69, 9.17) is 4.74 Å². The van der Waals surface area contributed by atoms with Crippen LogP contribution in [-0.2, 0) is 9.53 Å². The zero-order chi connectivity index (χ0) is 14.7. The van der Waals surface area contributed by atoms with Crippen molar-refractivity contribution in [1.29, 1.82) is 0 Å². The molecule has 1 aromatic carbocycles. The van der Waals surface area contributed by atoms with Crippen LogP contribution in [0.4, 0.5) is 0 Å². The van der Waals surface area contributed by atoms with E-state index in [-0.39, 0.29) is 9.65 Å². The Morgan fingerprint density at radius 1 is 1.05 bits per heavy atom. The molecule has 2 unspecified atom stereocenters. The summed E-state index contributed by atoms with van der Waals surface area (Å²) in [4.78, 5) is 24.2. The van der Waals surface area contributed by atoms with Crippen LogP contribution in [0, 0.1) is 0 Å². The number of ketones is 2. The summed E-state index contributed by atoms with van der Waals surface area (Å²) < 4.78 is 6.04. The number of hydrogen-bond donors (Lipinski definition) is 0. The lowest BCUT2D eigenvalue weighted by Gasteiger charge is -2.42. The van der Waals surface area contributed by atoms with Crippen LogP contribution in [0.1, 0.15) is 29.8 Å². The quantitative estimate of drug-likeness (QED) is 0.495. The van der Waals surface area contributed by atoms with Gasteiger partial charge in [-0.25, -0.2) is 0 Å². The van der Waals surface area contributed by atoms with Crippen LogP contribution < -0.4 is 0 Å². The van der Waals surface area contributed by atoms with Gasteiger partial charge in [-0.15, -0.1) is 0 Å². The van der Waals surface area contributed by atoms with Crippen LogP contribution in [0.15, 0.2) is 29.8 Å². The number of hydrogen-bond acceptors (Lipinski definition) is 3. The second-order valence-corrected chi connectivity index (χ2v) is 7.43. The second kappa shape index (κ2) is 4.53. The van der Waals surface area contributed by atoms with E-state index in [1.807, 2.05) is 26.0 Å². The third kappa shape index (κ3) is 1.83. The molecule has 1 aliphatic carbocycles. The van der Waals surface area contributed by atoms with Crippen molar-refractivity contribution in [2.24, 2.45) is 0 Å². The fourth-order valence-corrected chi connectivity index (χ4v) is 3.96. The van der Waals surface area contributed by atoms with Gasteiger partial charge in [-0.1, -0.05) is 56.1 Å². The largest absolute Gasteiger partial charge is 0.486 e. The number of carbonyl (C=O) groups is 2. The normalized spacial score (nSPS) is 27.8. The number of alkyl halides is 2. The van der Waals surface area contributed by atoms with E-state index in [1.165, 1.54) is 0 Å². The van der Waals surface area contributed by atoms with Gasteiger partial charge in [-0.3, -0.25) is 9.59 Å². The summed E-state index contributed by atoms with van der Waals surface area (Å²) in [7, 11) is 0. The van der Waals surface area contributed by atoms with Crippen molar-refractivity contribution in [3.63, 3.8) is 0 Å². The number of allylic oxidation sites excluding steroid dienone is 1. The van der Waals surface area contributed by atoms with Gasteiger partial charge >= 0.3 is 0 Å². The van der Waals surface area contributed by atoms with Gasteiger partial charge in [0.2, 0.25) is 11.6 Å². The summed E-state index contributed by atoms with van der Waals surface area (Å²) in [6.07, 6.45) is 0.